The fourth-order valence-corrected chi connectivity index (χ4v) is 1.80. The highest BCUT2D eigenvalue weighted by molar-refractivity contribution is 5.43. The van der Waals surface area contributed by atoms with E-state index in [0.29, 0.717) is 19.0 Å². The monoisotopic (exact) mass is 252 g/mol. The maximum Gasteiger partial charge on any atom is 0.161 e. The van der Waals surface area contributed by atoms with Crippen molar-refractivity contribution in [3.8, 4) is 11.5 Å². The lowest BCUT2D eigenvalue weighted by molar-refractivity contribution is 0.115. The molecule has 0 saturated carbocycles. The van der Waals surface area contributed by atoms with Gasteiger partial charge in [-0.3, -0.25) is 0 Å². The van der Waals surface area contributed by atoms with Crippen LogP contribution in [0.25, 0.3) is 0 Å². The Bertz CT molecular complexity index is 363. The maximum atomic E-state index is 10.2. The molecule has 3 heteroatoms. The standard InChI is InChI=1S/C15H24O3/c1-5-11(4)15(16)12-8-9-13(17-6-2)14(10-12)18-7-3/h8-11,15-16H,5-7H2,1-4H3. The molecule has 1 N–H and O–H groups in total. The third-order valence-corrected chi connectivity index (χ3v) is 3.09. The molecular formula is C15H24O3. The number of aliphatic hydroxyl groups is 1. The van der Waals surface area contributed by atoms with Crippen LogP contribution in [0.3, 0.4) is 0 Å². The second-order valence-corrected chi connectivity index (χ2v) is 4.40. The summed E-state index contributed by atoms with van der Waals surface area (Å²) in [6, 6.07) is 5.66. The van der Waals surface area contributed by atoms with Crippen molar-refractivity contribution < 1.29 is 14.6 Å². The smallest absolute Gasteiger partial charge is 0.161 e. The first kappa shape index (κ1) is 14.8. The van der Waals surface area contributed by atoms with E-state index in [1.54, 1.807) is 0 Å². The van der Waals surface area contributed by atoms with Gasteiger partial charge in [-0.25, -0.2) is 0 Å². The molecule has 0 fully saturated rings. The van der Waals surface area contributed by atoms with E-state index in [1.807, 2.05) is 39.0 Å². The summed E-state index contributed by atoms with van der Waals surface area (Å²) in [6.45, 7) is 9.19. The van der Waals surface area contributed by atoms with Crippen LogP contribution < -0.4 is 9.47 Å². The molecule has 1 aromatic rings. The lowest BCUT2D eigenvalue weighted by Gasteiger charge is -2.19. The molecule has 1 rings (SSSR count). The number of aliphatic hydroxyl groups excluding tert-OH is 1. The first-order valence-electron chi connectivity index (χ1n) is 6.71. The SMILES string of the molecule is CCOc1ccc(C(O)C(C)CC)cc1OCC. The van der Waals surface area contributed by atoms with Crippen molar-refractivity contribution in [3.63, 3.8) is 0 Å². The molecule has 0 radical (unpaired) electrons. The van der Waals surface area contributed by atoms with Gasteiger partial charge in [-0.1, -0.05) is 26.3 Å². The van der Waals surface area contributed by atoms with Gasteiger partial charge in [-0.05, 0) is 37.5 Å². The van der Waals surface area contributed by atoms with Crippen molar-refractivity contribution in [2.45, 2.75) is 40.2 Å². The van der Waals surface area contributed by atoms with E-state index in [0.717, 1.165) is 17.7 Å². The predicted octanol–water partition coefficient (Wildman–Crippen LogP) is 3.56. The molecule has 2 unspecified atom stereocenters. The Labute approximate surface area is 110 Å². The van der Waals surface area contributed by atoms with Crippen molar-refractivity contribution in [3.05, 3.63) is 23.8 Å². The largest absolute Gasteiger partial charge is 0.490 e. The van der Waals surface area contributed by atoms with Crippen molar-refractivity contribution in [1.29, 1.82) is 0 Å². The Morgan fingerprint density at radius 3 is 2.22 bits per heavy atom. The van der Waals surface area contributed by atoms with Crippen LogP contribution in [-0.4, -0.2) is 18.3 Å². The Hall–Kier alpha value is -1.22. The minimum atomic E-state index is -0.454. The average Bonchev–Trinajstić information content (AvgIpc) is 2.39. The highest BCUT2D eigenvalue weighted by Gasteiger charge is 2.17. The first-order chi connectivity index (χ1) is 8.63. The van der Waals surface area contributed by atoms with Gasteiger partial charge in [-0.15, -0.1) is 0 Å². The van der Waals surface area contributed by atoms with Gasteiger partial charge >= 0.3 is 0 Å². The minimum Gasteiger partial charge on any atom is -0.490 e. The van der Waals surface area contributed by atoms with Gasteiger partial charge in [0, 0.05) is 0 Å². The van der Waals surface area contributed by atoms with Crippen molar-refractivity contribution in [1.82, 2.24) is 0 Å². The van der Waals surface area contributed by atoms with Crippen LogP contribution >= 0.6 is 0 Å². The summed E-state index contributed by atoms with van der Waals surface area (Å²) >= 11 is 0. The molecule has 0 spiro atoms. The summed E-state index contributed by atoms with van der Waals surface area (Å²) < 4.78 is 11.1. The van der Waals surface area contributed by atoms with Gasteiger partial charge in [0.1, 0.15) is 0 Å². The zero-order chi connectivity index (χ0) is 13.5. The van der Waals surface area contributed by atoms with Gasteiger partial charge in [0.15, 0.2) is 11.5 Å². The summed E-state index contributed by atoms with van der Waals surface area (Å²) in [4.78, 5) is 0. The molecule has 1 aromatic carbocycles. The summed E-state index contributed by atoms with van der Waals surface area (Å²) in [7, 11) is 0. The zero-order valence-electron chi connectivity index (χ0n) is 11.8. The van der Waals surface area contributed by atoms with Gasteiger partial charge in [-0.2, -0.15) is 0 Å². The lowest BCUT2D eigenvalue weighted by atomic mass is 9.95. The topological polar surface area (TPSA) is 38.7 Å². The van der Waals surface area contributed by atoms with Crippen molar-refractivity contribution in [2.24, 2.45) is 5.92 Å². The Morgan fingerprint density at radius 1 is 1.06 bits per heavy atom. The molecule has 0 aliphatic heterocycles. The molecule has 18 heavy (non-hydrogen) atoms. The van der Waals surface area contributed by atoms with Crippen LogP contribution in [0.15, 0.2) is 18.2 Å². The predicted molar refractivity (Wildman–Crippen MR) is 73.2 cm³/mol. The zero-order valence-corrected chi connectivity index (χ0v) is 11.8. The van der Waals surface area contributed by atoms with Gasteiger partial charge in [0.05, 0.1) is 19.3 Å². The van der Waals surface area contributed by atoms with E-state index in [2.05, 4.69) is 6.92 Å². The molecular weight excluding hydrogens is 228 g/mol. The van der Waals surface area contributed by atoms with Gasteiger partial charge in [0.25, 0.3) is 0 Å². The lowest BCUT2D eigenvalue weighted by Crippen LogP contribution is -2.09. The third kappa shape index (κ3) is 3.64. The van der Waals surface area contributed by atoms with Crippen molar-refractivity contribution in [2.75, 3.05) is 13.2 Å². The fraction of sp³-hybridized carbons (Fsp3) is 0.600. The highest BCUT2D eigenvalue weighted by atomic mass is 16.5. The second kappa shape index (κ2) is 7.27. The molecule has 0 bridgehead atoms. The molecule has 0 aromatic heterocycles. The molecule has 3 nitrogen and oxygen atoms in total. The second-order valence-electron chi connectivity index (χ2n) is 4.40. The van der Waals surface area contributed by atoms with Gasteiger partial charge < -0.3 is 14.6 Å². The normalized spacial score (nSPS) is 14.1. The number of rotatable bonds is 7. The van der Waals surface area contributed by atoms with E-state index < -0.39 is 6.10 Å². The average molecular weight is 252 g/mol. The summed E-state index contributed by atoms with van der Waals surface area (Å²) in [6.07, 6.45) is 0.489. The molecule has 102 valence electrons. The third-order valence-electron chi connectivity index (χ3n) is 3.09. The summed E-state index contributed by atoms with van der Waals surface area (Å²) in [5.74, 6) is 1.68. The van der Waals surface area contributed by atoms with Crippen LogP contribution in [0.1, 0.15) is 45.8 Å². The highest BCUT2D eigenvalue weighted by Crippen LogP contribution is 2.33. The summed E-state index contributed by atoms with van der Waals surface area (Å²) in [5.41, 5.74) is 0.885. The van der Waals surface area contributed by atoms with Crippen LogP contribution in [0, 0.1) is 5.92 Å². The minimum absolute atomic E-state index is 0.234. The van der Waals surface area contributed by atoms with E-state index in [4.69, 9.17) is 9.47 Å². The van der Waals surface area contributed by atoms with Gasteiger partial charge in [0.2, 0.25) is 0 Å². The van der Waals surface area contributed by atoms with Crippen LogP contribution in [0.5, 0.6) is 11.5 Å². The number of hydrogen-bond acceptors (Lipinski definition) is 3. The molecule has 0 aliphatic carbocycles. The quantitative estimate of drug-likeness (QED) is 0.806. The fourth-order valence-electron chi connectivity index (χ4n) is 1.80. The summed E-state index contributed by atoms with van der Waals surface area (Å²) in [5, 5.41) is 10.2. The Balaban J connectivity index is 2.98. The van der Waals surface area contributed by atoms with E-state index >= 15 is 0 Å². The molecule has 0 heterocycles. The van der Waals surface area contributed by atoms with E-state index in [9.17, 15) is 5.11 Å². The Kier molecular flexibility index (Phi) is 5.99. The number of ether oxygens (including phenoxy) is 2. The number of hydrogen-bond donors (Lipinski definition) is 1. The molecule has 0 saturated heterocycles. The molecule has 0 amide bonds. The van der Waals surface area contributed by atoms with Crippen LogP contribution in [0.4, 0.5) is 0 Å². The van der Waals surface area contributed by atoms with E-state index in [1.165, 1.54) is 0 Å². The Morgan fingerprint density at radius 2 is 1.67 bits per heavy atom. The van der Waals surface area contributed by atoms with Crippen molar-refractivity contribution >= 4 is 0 Å². The van der Waals surface area contributed by atoms with E-state index in [-0.39, 0.29) is 5.92 Å². The maximum absolute atomic E-state index is 10.2. The first-order valence-corrected chi connectivity index (χ1v) is 6.71. The number of benzene rings is 1. The molecule has 2 atom stereocenters. The molecule has 0 aliphatic rings. The van der Waals surface area contributed by atoms with Crippen LogP contribution in [0.2, 0.25) is 0 Å². The van der Waals surface area contributed by atoms with Crippen LogP contribution in [-0.2, 0) is 0 Å².